The number of esters is 1. The van der Waals surface area contributed by atoms with Crippen LogP contribution in [0.2, 0.25) is 0 Å². The van der Waals surface area contributed by atoms with Crippen molar-refractivity contribution in [3.05, 3.63) is 36.4 Å². The van der Waals surface area contributed by atoms with Crippen LogP contribution in [0.3, 0.4) is 0 Å². The lowest BCUT2D eigenvalue weighted by Crippen LogP contribution is -2.23. The van der Waals surface area contributed by atoms with E-state index in [0.29, 0.717) is 25.7 Å². The molecule has 1 saturated heterocycles. The zero-order chi connectivity index (χ0) is 20.7. The van der Waals surface area contributed by atoms with Gasteiger partial charge in [0.1, 0.15) is 17.1 Å². The van der Waals surface area contributed by atoms with Gasteiger partial charge >= 0.3 is 5.97 Å². The van der Waals surface area contributed by atoms with Gasteiger partial charge in [-0.15, -0.1) is 0 Å². The van der Waals surface area contributed by atoms with Crippen LogP contribution >= 0.6 is 0 Å². The number of carbonyl (C=O) groups excluding carboxylic acids is 1. The molecular formula is C24H32O5. The molecule has 5 nitrogen and oxygen atoms in total. The van der Waals surface area contributed by atoms with Crippen molar-refractivity contribution in [2.45, 2.75) is 64.6 Å². The normalized spacial score (nSPS) is 15.9. The Balaban J connectivity index is 1.38. The standard InChI is InChI=1S/C24H32O5/c1-24(2,3)29-23(25)7-5-4-6-13-26-20-10-8-18-9-11-21(16-19(18)15-20)27-14-12-22-17-28-22/h8-11,15-16,22H,4-7,12-14,17H2,1-3H3/t22-/m0/s1. The first-order chi connectivity index (χ1) is 13.9. The molecule has 158 valence electrons. The summed E-state index contributed by atoms with van der Waals surface area (Å²) >= 11 is 0. The first-order valence-electron chi connectivity index (χ1n) is 10.5. The minimum Gasteiger partial charge on any atom is -0.494 e. The van der Waals surface area contributed by atoms with Gasteiger partial charge in [0.15, 0.2) is 0 Å². The van der Waals surface area contributed by atoms with Gasteiger partial charge in [0.2, 0.25) is 0 Å². The van der Waals surface area contributed by atoms with Gasteiger partial charge in [0, 0.05) is 12.8 Å². The predicted molar refractivity (Wildman–Crippen MR) is 114 cm³/mol. The van der Waals surface area contributed by atoms with Crippen LogP contribution in [0.4, 0.5) is 0 Å². The van der Waals surface area contributed by atoms with Gasteiger partial charge in [-0.2, -0.15) is 0 Å². The number of fused-ring (bicyclic) bond motifs is 1. The molecule has 0 aromatic heterocycles. The highest BCUT2D eigenvalue weighted by atomic mass is 16.6. The minimum atomic E-state index is -0.410. The molecular weight excluding hydrogens is 368 g/mol. The fourth-order valence-corrected chi connectivity index (χ4v) is 3.06. The van der Waals surface area contributed by atoms with Crippen LogP contribution in [0.1, 0.15) is 52.9 Å². The fourth-order valence-electron chi connectivity index (χ4n) is 3.06. The van der Waals surface area contributed by atoms with Crippen LogP contribution in [-0.4, -0.2) is 37.5 Å². The number of unbranched alkanes of at least 4 members (excludes halogenated alkanes) is 2. The Bertz CT molecular complexity index is 805. The van der Waals surface area contributed by atoms with Crippen LogP contribution < -0.4 is 9.47 Å². The topological polar surface area (TPSA) is 57.3 Å². The monoisotopic (exact) mass is 400 g/mol. The molecule has 0 amide bonds. The molecule has 0 N–H and O–H groups in total. The third-order valence-electron chi connectivity index (χ3n) is 4.61. The van der Waals surface area contributed by atoms with E-state index in [9.17, 15) is 4.79 Å². The molecule has 3 rings (SSSR count). The summed E-state index contributed by atoms with van der Waals surface area (Å²) < 4.78 is 22.2. The summed E-state index contributed by atoms with van der Waals surface area (Å²) in [6.45, 7) is 7.84. The van der Waals surface area contributed by atoms with E-state index in [2.05, 4.69) is 18.2 Å². The first kappa shape index (κ1) is 21.4. The molecule has 1 heterocycles. The molecule has 0 radical (unpaired) electrons. The number of hydrogen-bond donors (Lipinski definition) is 0. The Kier molecular flexibility index (Phi) is 7.37. The SMILES string of the molecule is CC(C)(C)OC(=O)CCCCCOc1ccc2ccc(OCC[C@H]3CO3)cc2c1. The van der Waals surface area contributed by atoms with Gasteiger partial charge < -0.3 is 18.9 Å². The lowest BCUT2D eigenvalue weighted by atomic mass is 10.1. The van der Waals surface area contributed by atoms with E-state index in [1.54, 1.807) is 0 Å². The summed E-state index contributed by atoms with van der Waals surface area (Å²) in [7, 11) is 0. The quantitative estimate of drug-likeness (QED) is 0.291. The number of rotatable bonds is 11. The molecule has 1 aliphatic heterocycles. The maximum atomic E-state index is 11.7. The van der Waals surface area contributed by atoms with Gasteiger partial charge in [-0.3, -0.25) is 4.79 Å². The van der Waals surface area contributed by atoms with E-state index in [4.69, 9.17) is 18.9 Å². The van der Waals surface area contributed by atoms with E-state index in [1.807, 2.05) is 39.0 Å². The highest BCUT2D eigenvalue weighted by Crippen LogP contribution is 2.26. The Morgan fingerprint density at radius 3 is 2.24 bits per heavy atom. The Hall–Kier alpha value is -2.27. The van der Waals surface area contributed by atoms with Crippen molar-refractivity contribution in [2.75, 3.05) is 19.8 Å². The van der Waals surface area contributed by atoms with E-state index in [1.165, 1.54) is 0 Å². The average molecular weight is 401 g/mol. The molecule has 1 fully saturated rings. The van der Waals surface area contributed by atoms with Crippen molar-refractivity contribution in [1.82, 2.24) is 0 Å². The molecule has 5 heteroatoms. The van der Waals surface area contributed by atoms with Gasteiger partial charge in [-0.05, 0) is 75.1 Å². The summed E-state index contributed by atoms with van der Waals surface area (Å²) in [6.07, 6.45) is 4.46. The number of epoxide rings is 1. The number of benzene rings is 2. The molecule has 0 unspecified atom stereocenters. The van der Waals surface area contributed by atoms with E-state index in [-0.39, 0.29) is 5.97 Å². The van der Waals surface area contributed by atoms with Crippen LogP contribution in [0.25, 0.3) is 10.8 Å². The predicted octanol–water partition coefficient (Wildman–Crippen LogP) is 5.29. The van der Waals surface area contributed by atoms with E-state index in [0.717, 1.165) is 54.6 Å². The lowest BCUT2D eigenvalue weighted by Gasteiger charge is -2.19. The number of carbonyl (C=O) groups is 1. The summed E-state index contributed by atoms with van der Waals surface area (Å²) in [5.41, 5.74) is -0.410. The molecule has 29 heavy (non-hydrogen) atoms. The van der Waals surface area contributed by atoms with Crippen LogP contribution in [0.5, 0.6) is 11.5 Å². The van der Waals surface area contributed by atoms with Gasteiger partial charge in [0.05, 0.1) is 25.9 Å². The maximum Gasteiger partial charge on any atom is 0.306 e. The second kappa shape index (κ2) is 9.97. The zero-order valence-corrected chi connectivity index (χ0v) is 17.7. The second-order valence-electron chi connectivity index (χ2n) is 8.51. The fraction of sp³-hybridized carbons (Fsp3) is 0.542. The molecule has 1 aliphatic rings. The Morgan fingerprint density at radius 1 is 0.966 bits per heavy atom. The van der Waals surface area contributed by atoms with Crippen molar-refractivity contribution in [3.63, 3.8) is 0 Å². The van der Waals surface area contributed by atoms with Crippen LogP contribution in [0, 0.1) is 0 Å². The molecule has 1 atom stereocenters. The third kappa shape index (κ3) is 7.94. The van der Waals surface area contributed by atoms with Crippen LogP contribution in [-0.2, 0) is 14.3 Å². The second-order valence-corrected chi connectivity index (χ2v) is 8.51. The summed E-state index contributed by atoms with van der Waals surface area (Å²) in [6, 6.07) is 12.2. The van der Waals surface area contributed by atoms with Gasteiger partial charge in [0.25, 0.3) is 0 Å². The van der Waals surface area contributed by atoms with E-state index >= 15 is 0 Å². The summed E-state index contributed by atoms with van der Waals surface area (Å²) in [5.74, 6) is 1.60. The third-order valence-corrected chi connectivity index (χ3v) is 4.61. The van der Waals surface area contributed by atoms with Crippen molar-refractivity contribution >= 4 is 16.7 Å². The van der Waals surface area contributed by atoms with Crippen molar-refractivity contribution < 1.29 is 23.7 Å². The van der Waals surface area contributed by atoms with Crippen LogP contribution in [0.15, 0.2) is 36.4 Å². The molecule has 0 saturated carbocycles. The smallest absolute Gasteiger partial charge is 0.306 e. The highest BCUT2D eigenvalue weighted by Gasteiger charge is 2.21. The van der Waals surface area contributed by atoms with E-state index < -0.39 is 5.60 Å². The zero-order valence-electron chi connectivity index (χ0n) is 17.7. The average Bonchev–Trinajstić information content (AvgIpc) is 3.47. The van der Waals surface area contributed by atoms with Crippen molar-refractivity contribution in [3.8, 4) is 11.5 Å². The largest absolute Gasteiger partial charge is 0.494 e. The summed E-state index contributed by atoms with van der Waals surface area (Å²) in [5, 5.41) is 2.26. The molecule has 0 spiro atoms. The number of hydrogen-bond acceptors (Lipinski definition) is 5. The summed E-state index contributed by atoms with van der Waals surface area (Å²) in [4.78, 5) is 11.7. The first-order valence-corrected chi connectivity index (χ1v) is 10.5. The Labute approximate surface area is 173 Å². The molecule has 2 aromatic rings. The van der Waals surface area contributed by atoms with Gasteiger partial charge in [-0.25, -0.2) is 0 Å². The lowest BCUT2D eigenvalue weighted by molar-refractivity contribution is -0.154. The molecule has 0 aliphatic carbocycles. The molecule has 2 aromatic carbocycles. The van der Waals surface area contributed by atoms with Gasteiger partial charge in [-0.1, -0.05) is 12.1 Å². The maximum absolute atomic E-state index is 11.7. The van der Waals surface area contributed by atoms with Crippen molar-refractivity contribution in [2.24, 2.45) is 0 Å². The number of ether oxygens (including phenoxy) is 4. The highest BCUT2D eigenvalue weighted by molar-refractivity contribution is 5.85. The van der Waals surface area contributed by atoms with Crippen molar-refractivity contribution in [1.29, 1.82) is 0 Å². The minimum absolute atomic E-state index is 0.129. The Morgan fingerprint density at radius 2 is 1.62 bits per heavy atom. The molecule has 0 bridgehead atoms.